The minimum absolute atomic E-state index is 0.00160. The first kappa shape index (κ1) is 24.8. The summed E-state index contributed by atoms with van der Waals surface area (Å²) in [6.45, 7) is 5.76. The molecule has 0 saturated carbocycles. The third-order valence-electron chi connectivity index (χ3n) is 4.88. The first-order valence-corrected chi connectivity index (χ1v) is 11.1. The number of halogens is 4. The smallest absolute Gasteiger partial charge is 0.242 e. The van der Waals surface area contributed by atoms with Gasteiger partial charge < -0.3 is 10.2 Å². The van der Waals surface area contributed by atoms with Crippen LogP contribution in [-0.4, -0.2) is 28.8 Å². The van der Waals surface area contributed by atoms with Crippen molar-refractivity contribution < 1.29 is 9.59 Å². The van der Waals surface area contributed by atoms with Gasteiger partial charge in [0.15, 0.2) is 0 Å². The van der Waals surface area contributed by atoms with E-state index in [1.165, 1.54) is 4.90 Å². The van der Waals surface area contributed by atoms with E-state index >= 15 is 0 Å². The van der Waals surface area contributed by atoms with Gasteiger partial charge in [0.05, 0.1) is 6.42 Å². The van der Waals surface area contributed by atoms with Crippen molar-refractivity contribution in [2.75, 3.05) is 0 Å². The molecule has 0 aliphatic carbocycles. The van der Waals surface area contributed by atoms with Crippen molar-refractivity contribution in [3.63, 3.8) is 0 Å². The second-order valence-corrected chi connectivity index (χ2v) is 8.85. The summed E-state index contributed by atoms with van der Waals surface area (Å²) < 4.78 is 0. The van der Waals surface area contributed by atoms with Crippen molar-refractivity contribution in [3.8, 4) is 0 Å². The van der Waals surface area contributed by atoms with Crippen LogP contribution >= 0.6 is 46.4 Å². The predicted octanol–water partition coefficient (Wildman–Crippen LogP) is 6.17. The molecule has 1 N–H and O–H groups in total. The lowest BCUT2D eigenvalue weighted by Crippen LogP contribution is -2.50. The third-order valence-corrected chi connectivity index (χ3v) is 6.05. The Morgan fingerprint density at radius 2 is 1.47 bits per heavy atom. The van der Waals surface area contributed by atoms with Crippen molar-refractivity contribution >= 4 is 58.2 Å². The summed E-state index contributed by atoms with van der Waals surface area (Å²) in [5, 5.41) is 4.74. The molecule has 4 nitrogen and oxygen atoms in total. The zero-order valence-electron chi connectivity index (χ0n) is 17.0. The van der Waals surface area contributed by atoms with Gasteiger partial charge in [0.1, 0.15) is 6.04 Å². The normalized spacial score (nSPS) is 12.9. The molecule has 2 atom stereocenters. The highest BCUT2D eigenvalue weighted by molar-refractivity contribution is 6.35. The van der Waals surface area contributed by atoms with Gasteiger partial charge in [-0.25, -0.2) is 0 Å². The Balaban J connectivity index is 2.31. The highest BCUT2D eigenvalue weighted by Gasteiger charge is 2.27. The van der Waals surface area contributed by atoms with E-state index < -0.39 is 6.04 Å². The van der Waals surface area contributed by atoms with Crippen LogP contribution in [0.15, 0.2) is 36.4 Å². The number of nitrogens with zero attached hydrogens (tertiary/aromatic N) is 1. The van der Waals surface area contributed by atoms with Crippen LogP contribution in [-0.2, 0) is 22.6 Å². The maximum Gasteiger partial charge on any atom is 0.242 e. The molecule has 0 aromatic heterocycles. The molecular formula is C22H24Cl4N2O2. The Morgan fingerprint density at radius 1 is 0.933 bits per heavy atom. The molecule has 0 fully saturated rings. The van der Waals surface area contributed by atoms with Gasteiger partial charge in [-0.15, -0.1) is 0 Å². The number of benzene rings is 2. The maximum atomic E-state index is 13.2. The van der Waals surface area contributed by atoms with Gasteiger partial charge in [-0.05, 0) is 55.7 Å². The molecular weight excluding hydrogens is 466 g/mol. The van der Waals surface area contributed by atoms with Crippen molar-refractivity contribution in [1.29, 1.82) is 0 Å². The zero-order valence-corrected chi connectivity index (χ0v) is 20.0. The summed E-state index contributed by atoms with van der Waals surface area (Å²) in [6, 6.07) is 9.33. The van der Waals surface area contributed by atoms with Crippen molar-refractivity contribution in [2.45, 2.75) is 52.2 Å². The number of nitrogens with one attached hydrogen (secondary N) is 1. The molecule has 2 aromatic carbocycles. The molecule has 0 saturated heterocycles. The van der Waals surface area contributed by atoms with E-state index in [-0.39, 0.29) is 30.8 Å². The second-order valence-electron chi connectivity index (χ2n) is 7.16. The van der Waals surface area contributed by atoms with E-state index in [1.54, 1.807) is 43.3 Å². The number of rotatable bonds is 8. The molecule has 0 spiro atoms. The van der Waals surface area contributed by atoms with Crippen LogP contribution in [0.4, 0.5) is 0 Å². The second kappa shape index (κ2) is 11.2. The van der Waals surface area contributed by atoms with Gasteiger partial charge in [0.2, 0.25) is 11.8 Å². The summed E-state index contributed by atoms with van der Waals surface area (Å²) in [6.07, 6.45) is 0.817. The summed E-state index contributed by atoms with van der Waals surface area (Å²) in [5.74, 6) is -0.484. The predicted molar refractivity (Wildman–Crippen MR) is 125 cm³/mol. The molecule has 0 radical (unpaired) electrons. The number of hydrogen-bond acceptors (Lipinski definition) is 2. The first-order chi connectivity index (χ1) is 14.1. The van der Waals surface area contributed by atoms with E-state index in [4.69, 9.17) is 46.4 Å². The average Bonchev–Trinajstić information content (AvgIpc) is 2.68. The van der Waals surface area contributed by atoms with E-state index in [1.807, 2.05) is 13.8 Å². The Kier molecular flexibility index (Phi) is 9.30. The Bertz CT molecular complexity index is 920. The SMILES string of the molecule is CC[C@H](C)NC(=O)[C@H](C)N(Cc1ccc(Cl)cc1Cl)C(=O)Cc1ccc(Cl)cc1Cl. The fourth-order valence-corrected chi connectivity index (χ4v) is 3.75. The van der Waals surface area contributed by atoms with Crippen molar-refractivity contribution in [1.82, 2.24) is 10.2 Å². The summed E-state index contributed by atoms with van der Waals surface area (Å²) >= 11 is 24.5. The fourth-order valence-electron chi connectivity index (χ4n) is 2.81. The molecule has 2 amide bonds. The van der Waals surface area contributed by atoms with Crippen LogP contribution in [0.3, 0.4) is 0 Å². The Morgan fingerprint density at radius 3 is 1.97 bits per heavy atom. The molecule has 0 unspecified atom stereocenters. The van der Waals surface area contributed by atoms with Gasteiger partial charge in [0.25, 0.3) is 0 Å². The monoisotopic (exact) mass is 488 g/mol. The lowest BCUT2D eigenvalue weighted by atomic mass is 10.1. The zero-order chi connectivity index (χ0) is 22.4. The van der Waals surface area contributed by atoms with Crippen LogP contribution < -0.4 is 5.32 Å². The quantitative estimate of drug-likeness (QED) is 0.481. The van der Waals surface area contributed by atoms with Crippen molar-refractivity contribution in [2.24, 2.45) is 0 Å². The van der Waals surface area contributed by atoms with E-state index in [0.717, 1.165) is 6.42 Å². The van der Waals surface area contributed by atoms with Gasteiger partial charge in [-0.2, -0.15) is 0 Å². The standard InChI is InChI=1S/C22H24Cl4N2O2/c1-4-13(2)27-22(30)14(3)28(12-16-6-8-18(24)11-20(16)26)21(29)9-15-5-7-17(23)10-19(15)25/h5-8,10-11,13-14H,4,9,12H2,1-3H3,(H,27,30)/t13-,14-/m0/s1. The van der Waals surface area contributed by atoms with E-state index in [2.05, 4.69) is 5.32 Å². The topological polar surface area (TPSA) is 49.4 Å². The van der Waals surface area contributed by atoms with Crippen LogP contribution in [0.1, 0.15) is 38.3 Å². The number of hydrogen-bond donors (Lipinski definition) is 1. The van der Waals surface area contributed by atoms with Crippen LogP contribution in [0.5, 0.6) is 0 Å². The van der Waals surface area contributed by atoms with E-state index in [9.17, 15) is 9.59 Å². The maximum absolute atomic E-state index is 13.2. The third kappa shape index (κ3) is 6.78. The number of carbonyl (C=O) groups excluding carboxylic acids is 2. The molecule has 2 aromatic rings. The molecule has 0 aliphatic rings. The molecule has 30 heavy (non-hydrogen) atoms. The highest BCUT2D eigenvalue weighted by atomic mass is 35.5. The van der Waals surface area contributed by atoms with E-state index in [0.29, 0.717) is 31.2 Å². The molecule has 0 bridgehead atoms. The highest BCUT2D eigenvalue weighted by Crippen LogP contribution is 2.25. The Labute approximate surface area is 197 Å². The Hall–Kier alpha value is -1.46. The average molecular weight is 490 g/mol. The molecule has 0 heterocycles. The first-order valence-electron chi connectivity index (χ1n) is 9.60. The van der Waals surface area contributed by atoms with Crippen LogP contribution in [0.25, 0.3) is 0 Å². The minimum atomic E-state index is -0.704. The van der Waals surface area contributed by atoms with Gasteiger partial charge in [-0.3, -0.25) is 9.59 Å². The lowest BCUT2D eigenvalue weighted by molar-refractivity contribution is -0.140. The minimum Gasteiger partial charge on any atom is -0.352 e. The molecule has 0 aliphatic heterocycles. The van der Waals surface area contributed by atoms with Gasteiger partial charge in [-0.1, -0.05) is 65.5 Å². The largest absolute Gasteiger partial charge is 0.352 e. The molecule has 2 rings (SSSR count). The van der Waals surface area contributed by atoms with Gasteiger partial charge >= 0.3 is 0 Å². The summed E-state index contributed by atoms with van der Waals surface area (Å²) in [7, 11) is 0. The van der Waals surface area contributed by atoms with Crippen LogP contribution in [0.2, 0.25) is 20.1 Å². The molecule has 8 heteroatoms. The summed E-state index contributed by atoms with van der Waals surface area (Å²) in [4.78, 5) is 27.5. The van der Waals surface area contributed by atoms with Crippen molar-refractivity contribution in [3.05, 3.63) is 67.6 Å². The number of amides is 2. The van der Waals surface area contributed by atoms with Crippen LogP contribution in [0, 0.1) is 0 Å². The molecule has 162 valence electrons. The lowest BCUT2D eigenvalue weighted by Gasteiger charge is -2.30. The van der Waals surface area contributed by atoms with Gasteiger partial charge in [0, 0.05) is 32.7 Å². The number of carbonyl (C=O) groups is 2. The summed E-state index contributed by atoms with van der Waals surface area (Å²) in [5.41, 5.74) is 1.33. The fraction of sp³-hybridized carbons (Fsp3) is 0.364.